The largest absolute Gasteiger partial charge is 0.857 e. The maximum absolute atomic E-state index is 8.25. The van der Waals surface area contributed by atoms with Crippen molar-refractivity contribution in [1.29, 1.82) is 0 Å². The SMILES string of the molecule is C=[CH][Sn+3].C[O-].C[O-].C[O-]. The molecule has 0 aromatic heterocycles. The number of hydrogen-bond donors (Lipinski definition) is 0. The molecule has 0 aliphatic heterocycles. The fraction of sp³-hybridized carbons (Fsp3) is 0.600. The summed E-state index contributed by atoms with van der Waals surface area (Å²) in [6.45, 7) is 3.40. The van der Waals surface area contributed by atoms with Crippen molar-refractivity contribution in [2.45, 2.75) is 0 Å². The monoisotopic (exact) mass is 240 g/mol. The van der Waals surface area contributed by atoms with Gasteiger partial charge < -0.3 is 15.3 Å². The van der Waals surface area contributed by atoms with Gasteiger partial charge >= 0.3 is 33.2 Å². The molecule has 4 heteroatoms. The Hall–Kier alpha value is 0.419. The molecule has 0 spiro atoms. The summed E-state index contributed by atoms with van der Waals surface area (Å²) in [4.78, 5) is 0. The van der Waals surface area contributed by atoms with Gasteiger partial charge in [-0.1, -0.05) is 0 Å². The molecule has 0 rings (SSSR count). The normalized spacial score (nSPS) is 3.56. The number of rotatable bonds is 0. The Morgan fingerprint density at radius 2 is 1.00 bits per heavy atom. The van der Waals surface area contributed by atoms with Crippen molar-refractivity contribution in [2.24, 2.45) is 0 Å². The molecule has 0 fully saturated rings. The molecule has 0 N–H and O–H groups in total. The van der Waals surface area contributed by atoms with E-state index in [1.54, 1.807) is 0 Å². The Morgan fingerprint density at radius 3 is 1.00 bits per heavy atom. The molecule has 0 aromatic rings. The van der Waals surface area contributed by atoms with Crippen molar-refractivity contribution in [3.8, 4) is 0 Å². The van der Waals surface area contributed by atoms with Crippen molar-refractivity contribution in [3.05, 3.63) is 10.7 Å². The minimum absolute atomic E-state index is 0.750. The second-order valence-corrected chi connectivity index (χ2v) is 1.37. The van der Waals surface area contributed by atoms with Gasteiger partial charge in [0.25, 0.3) is 0 Å². The fourth-order valence-electron chi connectivity index (χ4n) is 0. The van der Waals surface area contributed by atoms with Crippen molar-refractivity contribution >= 4 is 22.5 Å². The summed E-state index contributed by atoms with van der Waals surface area (Å²) in [5, 5.41) is 24.8. The van der Waals surface area contributed by atoms with Gasteiger partial charge in [-0.3, -0.25) is 0 Å². The van der Waals surface area contributed by atoms with Gasteiger partial charge in [-0.15, -0.1) is 0 Å². The Labute approximate surface area is 70.1 Å². The van der Waals surface area contributed by atoms with E-state index in [1.165, 1.54) is 22.5 Å². The van der Waals surface area contributed by atoms with E-state index in [-0.39, 0.29) is 0 Å². The topological polar surface area (TPSA) is 69.2 Å². The van der Waals surface area contributed by atoms with Gasteiger partial charge in [-0.05, 0) is 0 Å². The zero-order chi connectivity index (χ0) is 8.71. The first-order valence-electron chi connectivity index (χ1n) is 1.92. The molecule has 0 aliphatic rings. The first-order valence-corrected chi connectivity index (χ1v) is 3.57. The van der Waals surface area contributed by atoms with Gasteiger partial charge in [0.15, 0.2) is 0 Å². The molecule has 0 aliphatic carbocycles. The van der Waals surface area contributed by atoms with Gasteiger partial charge in [0, 0.05) is 0 Å². The standard InChI is InChI=1S/C2H3.3CH3O.Sn/c4*1-2;/h1H,2H2;3*1H3;/q;3*-1;+3. The summed E-state index contributed by atoms with van der Waals surface area (Å²) in [7, 11) is 2.25. The van der Waals surface area contributed by atoms with Crippen LogP contribution in [-0.4, -0.2) is 43.9 Å². The van der Waals surface area contributed by atoms with Gasteiger partial charge in [-0.25, -0.2) is 0 Å². The van der Waals surface area contributed by atoms with Crippen LogP contribution in [-0.2, 0) is 0 Å². The molecule has 0 saturated heterocycles. The number of hydrogen-bond acceptors (Lipinski definition) is 3. The van der Waals surface area contributed by atoms with Crippen LogP contribution in [0.4, 0.5) is 0 Å². The minimum atomic E-state index is 0.750. The molecule has 0 radical (unpaired) electrons. The molecule has 3 nitrogen and oxygen atoms in total. The van der Waals surface area contributed by atoms with Crippen LogP contribution in [0.3, 0.4) is 0 Å². The predicted octanol–water partition coefficient (Wildman–Crippen LogP) is -2.77. The summed E-state index contributed by atoms with van der Waals surface area (Å²) < 4.78 is 1.84. The second-order valence-electron chi connectivity index (χ2n) is 0.204. The third-order valence-electron chi connectivity index (χ3n) is 0. The van der Waals surface area contributed by atoms with Crippen LogP contribution in [0.5, 0.6) is 0 Å². The van der Waals surface area contributed by atoms with Crippen LogP contribution in [0, 0.1) is 0 Å². The van der Waals surface area contributed by atoms with Crippen LogP contribution < -0.4 is 15.3 Å². The molecule has 9 heavy (non-hydrogen) atoms. The molecule has 0 aromatic carbocycles. The molecular formula is C5H12O3Sn. The summed E-state index contributed by atoms with van der Waals surface area (Å²) in [6, 6.07) is 0. The molecule has 0 saturated carbocycles. The molecule has 0 heterocycles. The van der Waals surface area contributed by atoms with E-state index in [0.29, 0.717) is 0 Å². The average molecular weight is 239 g/mol. The molecule has 0 amide bonds. The van der Waals surface area contributed by atoms with Crippen LogP contribution >= 0.6 is 0 Å². The van der Waals surface area contributed by atoms with Crippen LogP contribution in [0.1, 0.15) is 0 Å². The summed E-state index contributed by atoms with van der Waals surface area (Å²) in [5.74, 6) is 0. The Bertz CT molecular complexity index is 19.7. The van der Waals surface area contributed by atoms with E-state index >= 15 is 0 Å². The smallest absolute Gasteiger partial charge is 0.153 e. The van der Waals surface area contributed by atoms with Crippen LogP contribution in [0.2, 0.25) is 0 Å². The van der Waals surface area contributed by atoms with Crippen molar-refractivity contribution in [2.75, 3.05) is 21.3 Å². The minimum Gasteiger partial charge on any atom is -0.857 e. The molecule has 0 atom stereocenters. The Balaban J connectivity index is -0.0000000190. The first-order chi connectivity index (χ1) is 4.41. The predicted molar refractivity (Wildman–Crippen MR) is 33.7 cm³/mol. The third-order valence-corrected chi connectivity index (χ3v) is 0. The Kier molecular flexibility index (Phi) is 582. The van der Waals surface area contributed by atoms with E-state index in [9.17, 15) is 0 Å². The fourth-order valence-corrected chi connectivity index (χ4v) is 0. The Morgan fingerprint density at radius 1 is 1.00 bits per heavy atom. The van der Waals surface area contributed by atoms with Gasteiger partial charge in [-0.2, -0.15) is 21.3 Å². The van der Waals surface area contributed by atoms with Crippen molar-refractivity contribution in [1.82, 2.24) is 0 Å². The summed E-state index contributed by atoms with van der Waals surface area (Å²) >= 11 is 1.40. The van der Waals surface area contributed by atoms with E-state index in [2.05, 4.69) is 6.58 Å². The summed E-state index contributed by atoms with van der Waals surface area (Å²) in [6.07, 6.45) is 0. The van der Waals surface area contributed by atoms with Crippen LogP contribution in [0.25, 0.3) is 0 Å². The van der Waals surface area contributed by atoms with Crippen molar-refractivity contribution in [3.63, 3.8) is 0 Å². The molecule has 0 bridgehead atoms. The van der Waals surface area contributed by atoms with E-state index in [1.807, 2.05) is 4.09 Å². The maximum Gasteiger partial charge on any atom is -0.153 e. The van der Waals surface area contributed by atoms with E-state index < -0.39 is 0 Å². The zero-order valence-electron chi connectivity index (χ0n) is 6.01. The first kappa shape index (κ1) is 22.7. The zero-order valence-corrected chi connectivity index (χ0v) is 8.86. The van der Waals surface area contributed by atoms with Gasteiger partial charge in [0.2, 0.25) is 0 Å². The van der Waals surface area contributed by atoms with E-state index in [0.717, 1.165) is 21.3 Å². The van der Waals surface area contributed by atoms with Gasteiger partial charge in [0.05, 0.1) is 0 Å². The maximum atomic E-state index is 8.25. The molecule has 0 unspecified atom stereocenters. The molecular weight excluding hydrogens is 227 g/mol. The quantitative estimate of drug-likeness (QED) is 0.429. The van der Waals surface area contributed by atoms with Crippen LogP contribution in [0.15, 0.2) is 10.7 Å². The average Bonchev–Trinajstić information content (AvgIpc) is 2.01. The van der Waals surface area contributed by atoms with Crippen molar-refractivity contribution < 1.29 is 15.3 Å². The van der Waals surface area contributed by atoms with Gasteiger partial charge in [0.1, 0.15) is 0 Å². The van der Waals surface area contributed by atoms with E-state index in [4.69, 9.17) is 15.3 Å². The summed E-state index contributed by atoms with van der Waals surface area (Å²) in [5.41, 5.74) is 0. The molecule has 54 valence electrons. The second kappa shape index (κ2) is 230. The third kappa shape index (κ3) is 1980.